The lowest BCUT2D eigenvalue weighted by Crippen LogP contribution is -2.44. The third-order valence-corrected chi connectivity index (χ3v) is 10.0. The standard InChI is InChI=1S/C37H47N5O4S/c1-9-45-34(43)37(7,8)30-19-29-31(32(40-33(29)47-30)28-17-23(4)16-24(5)18-28)25(6)20-39-35(41-36(44)46-22(2)3)42-15-12-27(21-42)26-10-13-38-14-11-26/h10-11,13-14,16-19,22,25,27,40H,9,12,15,20-21H2,1-8H3,(H,39,41,44)/t25-,27?/m1/s1. The van der Waals surface area contributed by atoms with Crippen molar-refractivity contribution in [3.05, 3.63) is 75.9 Å². The minimum atomic E-state index is -0.783. The summed E-state index contributed by atoms with van der Waals surface area (Å²) in [7, 11) is 0. The van der Waals surface area contributed by atoms with Gasteiger partial charge in [0, 0.05) is 54.1 Å². The molecular weight excluding hydrogens is 611 g/mol. The molecule has 47 heavy (non-hydrogen) atoms. The van der Waals surface area contributed by atoms with Gasteiger partial charge in [-0.1, -0.05) is 24.1 Å². The normalized spacial score (nSPS) is 16.1. The number of aryl methyl sites for hydroxylation is 2. The highest BCUT2D eigenvalue weighted by Gasteiger charge is 2.35. The number of guanidine groups is 1. The number of hydrogen-bond acceptors (Lipinski definition) is 7. The Bertz CT molecular complexity index is 1740. The van der Waals surface area contributed by atoms with Gasteiger partial charge in [-0.25, -0.2) is 4.79 Å². The fraction of sp³-hybridized carbons (Fsp3) is 0.459. The molecule has 0 bridgehead atoms. The molecule has 4 heterocycles. The summed E-state index contributed by atoms with van der Waals surface area (Å²) in [4.78, 5) is 42.8. The van der Waals surface area contributed by atoms with Gasteiger partial charge in [-0.05, 0) is 102 Å². The SMILES string of the molecule is CCOC(=O)C(C)(C)c1cc2c([C@H](C)CN=C(NC(=O)OC(C)C)N3CCC(c4ccncc4)C3)c(-c3cc(C)cc(C)c3)[nH]c2s1. The van der Waals surface area contributed by atoms with Crippen molar-refractivity contribution in [2.45, 2.75) is 85.2 Å². The lowest BCUT2D eigenvalue weighted by Gasteiger charge is -2.23. The number of nitrogens with one attached hydrogen (secondary N) is 2. The summed E-state index contributed by atoms with van der Waals surface area (Å²) >= 11 is 1.59. The molecular formula is C37H47N5O4S. The van der Waals surface area contributed by atoms with Crippen molar-refractivity contribution in [2.24, 2.45) is 4.99 Å². The predicted octanol–water partition coefficient (Wildman–Crippen LogP) is 7.83. The van der Waals surface area contributed by atoms with E-state index in [9.17, 15) is 9.59 Å². The van der Waals surface area contributed by atoms with Gasteiger partial charge in [0.1, 0.15) is 4.83 Å². The molecule has 1 unspecified atom stereocenters. The quantitative estimate of drug-likeness (QED) is 0.108. The first kappa shape index (κ1) is 34.2. The van der Waals surface area contributed by atoms with E-state index in [1.807, 2.05) is 47.0 Å². The number of H-pyrrole nitrogens is 1. The average molecular weight is 658 g/mol. The number of fused-ring (bicyclic) bond motifs is 1. The Labute approximate surface area is 281 Å². The number of carbonyl (C=O) groups is 2. The maximum atomic E-state index is 12.9. The number of thiophene rings is 1. The number of likely N-dealkylation sites (tertiary alicyclic amines) is 1. The molecule has 5 rings (SSSR count). The Morgan fingerprint density at radius 2 is 1.83 bits per heavy atom. The minimum Gasteiger partial charge on any atom is -0.465 e. The number of nitrogens with zero attached hydrogens (tertiary/aromatic N) is 3. The van der Waals surface area contributed by atoms with Crippen LogP contribution in [0.1, 0.15) is 86.9 Å². The van der Waals surface area contributed by atoms with Crippen molar-refractivity contribution in [3.63, 3.8) is 0 Å². The van der Waals surface area contributed by atoms with Crippen molar-refractivity contribution in [3.8, 4) is 11.3 Å². The van der Waals surface area contributed by atoms with Crippen molar-refractivity contribution in [1.82, 2.24) is 20.2 Å². The average Bonchev–Trinajstić information content (AvgIpc) is 3.74. The number of pyridine rings is 1. The summed E-state index contributed by atoms with van der Waals surface area (Å²) in [5.74, 6) is 0.575. The van der Waals surface area contributed by atoms with Crippen LogP contribution in [0.15, 0.2) is 53.8 Å². The van der Waals surface area contributed by atoms with Gasteiger partial charge in [0.2, 0.25) is 5.96 Å². The largest absolute Gasteiger partial charge is 0.465 e. The summed E-state index contributed by atoms with van der Waals surface area (Å²) in [6, 6.07) is 12.8. The fourth-order valence-electron chi connectivity index (χ4n) is 6.31. The molecule has 9 nitrogen and oxygen atoms in total. The second kappa shape index (κ2) is 14.3. The number of aromatic nitrogens is 2. The molecule has 4 aromatic rings. The number of alkyl carbamates (subject to hydrolysis) is 1. The number of hydrogen-bond donors (Lipinski definition) is 2. The van der Waals surface area contributed by atoms with Crippen LogP contribution in [0.5, 0.6) is 0 Å². The number of carbonyl (C=O) groups excluding carboxylic acids is 2. The van der Waals surface area contributed by atoms with Crippen LogP contribution in [0.2, 0.25) is 0 Å². The predicted molar refractivity (Wildman–Crippen MR) is 189 cm³/mol. The van der Waals surface area contributed by atoms with Crippen LogP contribution in [-0.2, 0) is 19.7 Å². The van der Waals surface area contributed by atoms with Crippen molar-refractivity contribution in [1.29, 1.82) is 0 Å². The molecule has 1 saturated heterocycles. The van der Waals surface area contributed by atoms with E-state index in [1.165, 1.54) is 16.7 Å². The summed E-state index contributed by atoms with van der Waals surface area (Å²) in [6.07, 6.45) is 3.83. The minimum absolute atomic E-state index is 0.0239. The molecule has 1 aliphatic heterocycles. The molecule has 2 atom stereocenters. The Kier molecular flexibility index (Phi) is 10.4. The van der Waals surface area contributed by atoms with Gasteiger partial charge in [-0.3, -0.25) is 20.1 Å². The van der Waals surface area contributed by atoms with Gasteiger partial charge >= 0.3 is 12.1 Å². The maximum absolute atomic E-state index is 12.9. The number of aliphatic imine (C=N–C) groups is 1. The van der Waals surface area contributed by atoms with Gasteiger partial charge in [0.05, 0.1) is 23.8 Å². The highest BCUT2D eigenvalue weighted by Crippen LogP contribution is 2.43. The summed E-state index contributed by atoms with van der Waals surface area (Å²) in [6.45, 7) is 18.0. The fourth-order valence-corrected chi connectivity index (χ4v) is 7.47. The van der Waals surface area contributed by atoms with Crippen LogP contribution in [0.25, 0.3) is 21.5 Å². The van der Waals surface area contributed by atoms with E-state index in [2.05, 4.69) is 77.4 Å². The van der Waals surface area contributed by atoms with Crippen LogP contribution in [0.4, 0.5) is 4.79 Å². The van der Waals surface area contributed by atoms with E-state index in [0.29, 0.717) is 25.0 Å². The topological polar surface area (TPSA) is 109 Å². The van der Waals surface area contributed by atoms with E-state index in [4.69, 9.17) is 14.5 Å². The smallest absolute Gasteiger partial charge is 0.414 e. The second-order valence-corrected chi connectivity index (χ2v) is 14.4. The van der Waals surface area contributed by atoms with Crippen molar-refractivity contribution < 1.29 is 19.1 Å². The lowest BCUT2D eigenvalue weighted by molar-refractivity contribution is -0.148. The lowest BCUT2D eigenvalue weighted by atomic mass is 9.90. The number of aromatic amines is 1. The Hall–Kier alpha value is -4.18. The number of benzene rings is 1. The second-order valence-electron chi connectivity index (χ2n) is 13.3. The first-order chi connectivity index (χ1) is 22.4. The van der Waals surface area contributed by atoms with Crippen LogP contribution in [-0.4, -0.2) is 65.2 Å². The molecule has 3 aromatic heterocycles. The molecule has 0 saturated carbocycles. The molecule has 0 aliphatic carbocycles. The summed E-state index contributed by atoms with van der Waals surface area (Å²) in [5, 5.41) is 4.03. The maximum Gasteiger partial charge on any atom is 0.414 e. The Morgan fingerprint density at radius 1 is 1.13 bits per heavy atom. The van der Waals surface area contributed by atoms with Crippen molar-refractivity contribution in [2.75, 3.05) is 26.2 Å². The van der Waals surface area contributed by atoms with E-state index < -0.39 is 11.5 Å². The first-order valence-corrected chi connectivity index (χ1v) is 17.3. The zero-order chi connectivity index (χ0) is 33.9. The Morgan fingerprint density at radius 3 is 2.49 bits per heavy atom. The molecule has 0 radical (unpaired) electrons. The van der Waals surface area contributed by atoms with Gasteiger partial charge in [0.25, 0.3) is 0 Å². The molecule has 10 heteroatoms. The highest BCUT2D eigenvalue weighted by atomic mass is 32.1. The van der Waals surface area contributed by atoms with E-state index in [0.717, 1.165) is 51.4 Å². The zero-order valence-electron chi connectivity index (χ0n) is 28.8. The molecule has 1 aromatic carbocycles. The van der Waals surface area contributed by atoms with Crippen LogP contribution in [0.3, 0.4) is 0 Å². The van der Waals surface area contributed by atoms with E-state index in [1.54, 1.807) is 11.3 Å². The van der Waals surface area contributed by atoms with Gasteiger partial charge in [0.15, 0.2) is 0 Å². The van der Waals surface area contributed by atoms with Crippen LogP contribution < -0.4 is 5.32 Å². The monoisotopic (exact) mass is 657 g/mol. The van der Waals surface area contributed by atoms with Gasteiger partial charge < -0.3 is 19.4 Å². The van der Waals surface area contributed by atoms with Gasteiger partial charge in [-0.2, -0.15) is 0 Å². The Balaban J connectivity index is 1.52. The molecule has 1 amide bonds. The third kappa shape index (κ3) is 7.70. The van der Waals surface area contributed by atoms with Crippen LogP contribution in [0, 0.1) is 13.8 Å². The summed E-state index contributed by atoms with van der Waals surface area (Å²) in [5.41, 5.74) is 6.12. The van der Waals surface area contributed by atoms with Crippen molar-refractivity contribution >= 4 is 39.6 Å². The molecule has 0 spiro atoms. The molecule has 1 fully saturated rings. The summed E-state index contributed by atoms with van der Waals surface area (Å²) < 4.78 is 10.9. The van der Waals surface area contributed by atoms with Crippen LogP contribution >= 0.6 is 11.3 Å². The third-order valence-electron chi connectivity index (χ3n) is 8.67. The molecule has 2 N–H and O–H groups in total. The molecule has 1 aliphatic rings. The molecule has 250 valence electrons. The number of ether oxygens (including phenoxy) is 2. The van der Waals surface area contributed by atoms with Gasteiger partial charge in [-0.15, -0.1) is 11.3 Å². The van der Waals surface area contributed by atoms with E-state index >= 15 is 0 Å². The highest BCUT2D eigenvalue weighted by molar-refractivity contribution is 7.19. The number of rotatable bonds is 9. The number of esters is 1. The number of amides is 1. The first-order valence-electron chi connectivity index (χ1n) is 16.5. The zero-order valence-corrected chi connectivity index (χ0v) is 29.6. The van der Waals surface area contributed by atoms with E-state index in [-0.39, 0.29) is 18.0 Å².